The molecule has 29 heavy (non-hydrogen) atoms. The lowest BCUT2D eigenvalue weighted by Crippen LogP contribution is -2.47. The van der Waals surface area contributed by atoms with Gasteiger partial charge in [-0.1, -0.05) is 43.7 Å². The van der Waals surface area contributed by atoms with Crippen molar-refractivity contribution < 1.29 is 8.42 Å². The van der Waals surface area contributed by atoms with Gasteiger partial charge in [-0.05, 0) is 56.4 Å². The SMILES string of the molecule is CCN(CC)S(=O)(=O)N1CCCC(c2cc(Cc3cccc(C)c3)cc(C)n2)C1. The molecule has 1 unspecified atom stereocenters. The Morgan fingerprint density at radius 3 is 2.55 bits per heavy atom. The number of benzene rings is 1. The molecule has 0 bridgehead atoms. The third-order valence-corrected chi connectivity index (χ3v) is 7.84. The summed E-state index contributed by atoms with van der Waals surface area (Å²) >= 11 is 0. The second-order valence-corrected chi connectivity index (χ2v) is 9.93. The van der Waals surface area contributed by atoms with E-state index in [9.17, 15) is 8.42 Å². The Morgan fingerprint density at radius 1 is 1.10 bits per heavy atom. The topological polar surface area (TPSA) is 53.5 Å². The van der Waals surface area contributed by atoms with Crippen LogP contribution >= 0.6 is 0 Å². The van der Waals surface area contributed by atoms with Crippen LogP contribution in [0.5, 0.6) is 0 Å². The van der Waals surface area contributed by atoms with Crippen LogP contribution in [0.15, 0.2) is 36.4 Å². The van der Waals surface area contributed by atoms with Crippen LogP contribution in [-0.2, 0) is 16.6 Å². The summed E-state index contributed by atoms with van der Waals surface area (Å²) in [6, 6.07) is 12.9. The molecule has 2 heterocycles. The van der Waals surface area contributed by atoms with E-state index in [4.69, 9.17) is 4.98 Å². The van der Waals surface area contributed by atoms with Gasteiger partial charge in [-0.2, -0.15) is 17.0 Å². The highest BCUT2D eigenvalue weighted by atomic mass is 32.2. The molecule has 1 aliphatic heterocycles. The summed E-state index contributed by atoms with van der Waals surface area (Å²) in [7, 11) is -3.40. The third-order valence-electron chi connectivity index (χ3n) is 5.68. The number of pyridine rings is 1. The zero-order valence-electron chi connectivity index (χ0n) is 18.1. The smallest absolute Gasteiger partial charge is 0.258 e. The molecular formula is C23H33N3O2S. The fourth-order valence-electron chi connectivity index (χ4n) is 4.24. The van der Waals surface area contributed by atoms with Crippen molar-refractivity contribution in [1.82, 2.24) is 13.6 Å². The normalized spacial score (nSPS) is 18.3. The van der Waals surface area contributed by atoms with Crippen molar-refractivity contribution >= 4 is 10.2 Å². The first-order chi connectivity index (χ1) is 13.8. The summed E-state index contributed by atoms with van der Waals surface area (Å²) in [5, 5.41) is 0. The number of aryl methyl sites for hydroxylation is 2. The Kier molecular flexibility index (Phi) is 7.09. The molecule has 0 aliphatic carbocycles. The summed E-state index contributed by atoms with van der Waals surface area (Å²) in [4.78, 5) is 4.78. The van der Waals surface area contributed by atoms with Crippen LogP contribution in [0.1, 0.15) is 60.7 Å². The minimum Gasteiger partial charge on any atom is -0.258 e. The average molecular weight is 416 g/mol. The van der Waals surface area contributed by atoms with Gasteiger partial charge in [0, 0.05) is 43.5 Å². The van der Waals surface area contributed by atoms with Crippen molar-refractivity contribution in [2.45, 2.75) is 52.9 Å². The fraction of sp³-hybridized carbons (Fsp3) is 0.522. The minimum absolute atomic E-state index is 0.144. The largest absolute Gasteiger partial charge is 0.281 e. The predicted molar refractivity (Wildman–Crippen MR) is 118 cm³/mol. The van der Waals surface area contributed by atoms with Gasteiger partial charge < -0.3 is 0 Å². The molecule has 158 valence electrons. The van der Waals surface area contributed by atoms with Gasteiger partial charge in [0.1, 0.15) is 0 Å². The molecule has 0 radical (unpaired) electrons. The lowest BCUT2D eigenvalue weighted by Gasteiger charge is -2.35. The summed E-state index contributed by atoms with van der Waals surface area (Å²) in [6.45, 7) is 10.0. The predicted octanol–water partition coefficient (Wildman–Crippen LogP) is 4.06. The molecule has 2 aromatic rings. The van der Waals surface area contributed by atoms with Gasteiger partial charge in [-0.3, -0.25) is 4.98 Å². The third kappa shape index (κ3) is 5.24. The monoisotopic (exact) mass is 415 g/mol. The molecule has 1 fully saturated rings. The van der Waals surface area contributed by atoms with E-state index in [1.807, 2.05) is 20.8 Å². The molecule has 5 nitrogen and oxygen atoms in total. The van der Waals surface area contributed by atoms with Crippen molar-refractivity contribution in [2.24, 2.45) is 0 Å². The van der Waals surface area contributed by atoms with E-state index in [1.54, 1.807) is 8.61 Å². The van der Waals surface area contributed by atoms with Gasteiger partial charge in [0.15, 0.2) is 0 Å². The van der Waals surface area contributed by atoms with Crippen molar-refractivity contribution in [3.8, 4) is 0 Å². The second kappa shape index (κ2) is 9.37. The summed E-state index contributed by atoms with van der Waals surface area (Å²) in [5.74, 6) is 0.144. The quantitative estimate of drug-likeness (QED) is 0.685. The van der Waals surface area contributed by atoms with Gasteiger partial charge in [-0.25, -0.2) is 0 Å². The molecule has 0 spiro atoms. The molecule has 0 amide bonds. The van der Waals surface area contributed by atoms with E-state index in [2.05, 4.69) is 43.3 Å². The zero-order chi connectivity index (χ0) is 21.0. The number of rotatable bonds is 7. The lowest BCUT2D eigenvalue weighted by atomic mass is 9.93. The minimum atomic E-state index is -3.40. The maximum Gasteiger partial charge on any atom is 0.281 e. The van der Waals surface area contributed by atoms with Crippen LogP contribution in [0.4, 0.5) is 0 Å². The van der Waals surface area contributed by atoms with E-state index >= 15 is 0 Å². The maximum absolute atomic E-state index is 13.0. The summed E-state index contributed by atoms with van der Waals surface area (Å²) in [5.41, 5.74) is 5.80. The highest BCUT2D eigenvalue weighted by molar-refractivity contribution is 7.86. The van der Waals surface area contributed by atoms with Gasteiger partial charge in [0.05, 0.1) is 0 Å². The Hall–Kier alpha value is -1.76. The average Bonchev–Trinajstić information content (AvgIpc) is 2.68. The van der Waals surface area contributed by atoms with Crippen LogP contribution in [0.3, 0.4) is 0 Å². The second-order valence-electron chi connectivity index (χ2n) is 8.00. The molecule has 1 aliphatic rings. The number of aromatic nitrogens is 1. The number of piperidine rings is 1. The first-order valence-corrected chi connectivity index (χ1v) is 12.0. The van der Waals surface area contributed by atoms with Gasteiger partial charge in [-0.15, -0.1) is 0 Å². The van der Waals surface area contributed by atoms with Crippen molar-refractivity contribution in [1.29, 1.82) is 0 Å². The van der Waals surface area contributed by atoms with E-state index in [0.29, 0.717) is 26.2 Å². The molecule has 6 heteroatoms. The molecule has 1 saturated heterocycles. The van der Waals surface area contributed by atoms with E-state index in [1.165, 1.54) is 16.7 Å². The van der Waals surface area contributed by atoms with E-state index < -0.39 is 10.2 Å². The number of hydrogen-bond donors (Lipinski definition) is 0. The highest BCUT2D eigenvalue weighted by Gasteiger charge is 2.33. The van der Waals surface area contributed by atoms with Gasteiger partial charge >= 0.3 is 0 Å². The molecule has 1 atom stereocenters. The lowest BCUT2D eigenvalue weighted by molar-refractivity contribution is 0.285. The van der Waals surface area contributed by atoms with Crippen molar-refractivity contribution in [3.63, 3.8) is 0 Å². The first-order valence-electron chi connectivity index (χ1n) is 10.6. The van der Waals surface area contributed by atoms with Crippen molar-refractivity contribution in [3.05, 3.63) is 64.5 Å². The van der Waals surface area contributed by atoms with Gasteiger partial charge in [0.25, 0.3) is 10.2 Å². The molecule has 0 N–H and O–H groups in total. The Labute approximate surface area is 175 Å². The van der Waals surface area contributed by atoms with Crippen LogP contribution in [0.25, 0.3) is 0 Å². The molecule has 1 aromatic heterocycles. The molecular weight excluding hydrogens is 382 g/mol. The van der Waals surface area contributed by atoms with E-state index in [0.717, 1.165) is 30.7 Å². The Bertz CT molecular complexity index is 939. The Balaban J connectivity index is 1.82. The van der Waals surface area contributed by atoms with Gasteiger partial charge in [0.2, 0.25) is 0 Å². The standard InChI is InChI=1S/C23H33N3O2S/c1-5-25(6-2)29(27,28)26-12-8-11-22(17-26)23-16-21(14-19(4)24-23)15-20-10-7-9-18(3)13-20/h7,9-10,13-14,16,22H,5-6,8,11-12,15,17H2,1-4H3. The van der Waals surface area contributed by atoms with Crippen LogP contribution in [0.2, 0.25) is 0 Å². The van der Waals surface area contributed by atoms with Crippen LogP contribution in [0, 0.1) is 13.8 Å². The molecule has 1 aromatic carbocycles. The zero-order valence-corrected chi connectivity index (χ0v) is 18.9. The maximum atomic E-state index is 13.0. The van der Waals surface area contributed by atoms with Crippen LogP contribution < -0.4 is 0 Å². The fourth-order valence-corrected chi connectivity index (χ4v) is 5.95. The first kappa shape index (κ1) is 21.9. The molecule has 0 saturated carbocycles. The summed E-state index contributed by atoms with van der Waals surface area (Å²) in [6.07, 6.45) is 2.71. The highest BCUT2D eigenvalue weighted by Crippen LogP contribution is 2.29. The molecule has 3 rings (SSSR count). The van der Waals surface area contributed by atoms with Crippen molar-refractivity contribution in [2.75, 3.05) is 26.2 Å². The van der Waals surface area contributed by atoms with Crippen LogP contribution in [-0.4, -0.2) is 48.2 Å². The Morgan fingerprint density at radius 2 is 1.86 bits per heavy atom. The van der Waals surface area contributed by atoms with E-state index in [-0.39, 0.29) is 5.92 Å². The number of hydrogen-bond acceptors (Lipinski definition) is 3. The summed E-state index contributed by atoms with van der Waals surface area (Å²) < 4.78 is 29.1. The number of nitrogens with zero attached hydrogens (tertiary/aromatic N) is 3.